The molecule has 0 aromatic heterocycles. The lowest BCUT2D eigenvalue weighted by molar-refractivity contribution is -0.463. The van der Waals surface area contributed by atoms with Crippen LogP contribution in [0.2, 0.25) is 0 Å². The van der Waals surface area contributed by atoms with Crippen molar-refractivity contribution in [2.24, 2.45) is 0 Å². The molecule has 0 aliphatic heterocycles. The fourth-order valence-corrected chi connectivity index (χ4v) is 1.75. The molecule has 0 heterocycles. The van der Waals surface area contributed by atoms with Crippen molar-refractivity contribution in [2.45, 2.75) is 30.2 Å². The van der Waals surface area contributed by atoms with Gasteiger partial charge in [-0.1, -0.05) is 30.3 Å². The second-order valence-electron chi connectivity index (χ2n) is 4.42. The van der Waals surface area contributed by atoms with E-state index in [1.807, 2.05) is 0 Å². The second-order valence-corrected chi connectivity index (χ2v) is 4.42. The van der Waals surface area contributed by atoms with Crippen molar-refractivity contribution in [1.29, 1.82) is 0 Å². The maximum atomic E-state index is 12.7. The normalized spacial score (nSPS) is 15.2. The van der Waals surface area contributed by atoms with Gasteiger partial charge >= 0.3 is 30.1 Å². The molecule has 1 aromatic carbocycles. The molecule has 0 amide bonds. The molecule has 0 spiro atoms. The van der Waals surface area contributed by atoms with Crippen LogP contribution in [-0.4, -0.2) is 35.2 Å². The Labute approximate surface area is 127 Å². The molecule has 0 aliphatic carbocycles. The Morgan fingerprint density at radius 2 is 1.21 bits per heavy atom. The van der Waals surface area contributed by atoms with Crippen LogP contribution in [-0.2, 0) is 9.53 Å². The van der Waals surface area contributed by atoms with Crippen LogP contribution < -0.4 is 0 Å². The minimum Gasteiger partial charge on any atom is -0.479 e. The lowest BCUT2D eigenvalue weighted by atomic mass is 10.00. The molecule has 1 N–H and O–H groups in total. The minimum atomic E-state index is -7.01. The van der Waals surface area contributed by atoms with Gasteiger partial charge in [-0.25, -0.2) is 4.79 Å². The minimum absolute atomic E-state index is 0.715. The van der Waals surface area contributed by atoms with Crippen molar-refractivity contribution in [1.82, 2.24) is 0 Å². The number of rotatable bonds is 4. The number of ether oxygens (including phenoxy) is 1. The Balaban J connectivity index is 3.59. The molecule has 1 aromatic rings. The van der Waals surface area contributed by atoms with E-state index in [0.29, 0.717) is 12.1 Å². The van der Waals surface area contributed by atoms with Crippen LogP contribution in [0.25, 0.3) is 0 Å². The van der Waals surface area contributed by atoms with Crippen molar-refractivity contribution < 1.29 is 54.2 Å². The largest absolute Gasteiger partial charge is 0.479 e. The average molecular weight is 370 g/mol. The van der Waals surface area contributed by atoms with Crippen molar-refractivity contribution in [3.8, 4) is 0 Å². The SMILES string of the molecule is O=C(O)[C@H](OC(C(F)(F)F)(C(F)(F)F)C(F)(F)F)c1ccccc1. The van der Waals surface area contributed by atoms with Crippen molar-refractivity contribution >= 4 is 5.97 Å². The Bertz CT molecular complexity index is 538. The van der Waals surface area contributed by atoms with Gasteiger partial charge in [-0.3, -0.25) is 0 Å². The number of carbonyl (C=O) groups is 1. The van der Waals surface area contributed by atoms with Crippen LogP contribution in [0.5, 0.6) is 0 Å². The third kappa shape index (κ3) is 3.42. The number of halogens is 9. The first-order valence-electron chi connectivity index (χ1n) is 5.81. The highest BCUT2D eigenvalue weighted by Crippen LogP contribution is 2.56. The molecule has 24 heavy (non-hydrogen) atoms. The average Bonchev–Trinajstić information content (AvgIpc) is 2.35. The van der Waals surface area contributed by atoms with Crippen molar-refractivity contribution in [2.75, 3.05) is 0 Å². The van der Waals surface area contributed by atoms with Gasteiger partial charge in [0.05, 0.1) is 0 Å². The highest BCUT2D eigenvalue weighted by molar-refractivity contribution is 5.74. The monoisotopic (exact) mass is 370 g/mol. The molecule has 0 radical (unpaired) electrons. The van der Waals surface area contributed by atoms with E-state index in [1.54, 1.807) is 0 Å². The van der Waals surface area contributed by atoms with Gasteiger partial charge in [0.25, 0.3) is 0 Å². The topological polar surface area (TPSA) is 46.5 Å². The molecule has 1 rings (SSSR count). The lowest BCUT2D eigenvalue weighted by Crippen LogP contribution is -2.68. The maximum Gasteiger partial charge on any atom is 0.435 e. The predicted octanol–water partition coefficient (Wildman–Crippen LogP) is 4.25. The van der Waals surface area contributed by atoms with Gasteiger partial charge in [0, 0.05) is 0 Å². The zero-order chi connectivity index (χ0) is 19.0. The zero-order valence-corrected chi connectivity index (χ0v) is 11.1. The highest BCUT2D eigenvalue weighted by atomic mass is 19.4. The fraction of sp³-hybridized carbons (Fsp3) is 0.417. The Hall–Kier alpha value is -1.98. The van der Waals surface area contributed by atoms with Gasteiger partial charge in [-0.15, -0.1) is 0 Å². The van der Waals surface area contributed by atoms with Crippen LogP contribution in [0.4, 0.5) is 39.5 Å². The van der Waals surface area contributed by atoms with E-state index in [-0.39, 0.29) is 0 Å². The van der Waals surface area contributed by atoms with Gasteiger partial charge < -0.3 is 9.84 Å². The summed E-state index contributed by atoms with van der Waals surface area (Å²) in [6.07, 6.45) is -24.2. The van der Waals surface area contributed by atoms with Crippen LogP contribution >= 0.6 is 0 Å². The van der Waals surface area contributed by atoms with E-state index in [2.05, 4.69) is 4.74 Å². The molecule has 12 heteroatoms. The molecule has 0 fully saturated rings. The Morgan fingerprint density at radius 3 is 1.50 bits per heavy atom. The van der Waals surface area contributed by atoms with Gasteiger partial charge in [0.1, 0.15) is 0 Å². The molecular weight excluding hydrogens is 363 g/mol. The van der Waals surface area contributed by atoms with E-state index in [9.17, 15) is 44.3 Å². The first-order valence-corrected chi connectivity index (χ1v) is 5.81. The van der Waals surface area contributed by atoms with Gasteiger partial charge in [0.2, 0.25) is 0 Å². The number of aliphatic carboxylic acids is 1. The summed E-state index contributed by atoms with van der Waals surface area (Å²) in [5.41, 5.74) is -7.49. The quantitative estimate of drug-likeness (QED) is 0.806. The first-order chi connectivity index (χ1) is 10.6. The summed E-state index contributed by atoms with van der Waals surface area (Å²) >= 11 is 0. The molecule has 3 nitrogen and oxygen atoms in total. The van der Waals surface area contributed by atoms with Crippen molar-refractivity contribution in [3.63, 3.8) is 0 Å². The Morgan fingerprint density at radius 1 is 0.833 bits per heavy atom. The third-order valence-corrected chi connectivity index (χ3v) is 2.82. The second kappa shape index (κ2) is 6.15. The summed E-state index contributed by atoms with van der Waals surface area (Å²) in [5.74, 6) is -2.46. The number of carboxylic acid groups (broad SMARTS) is 1. The molecule has 0 unspecified atom stereocenters. The van der Waals surface area contributed by atoms with Crippen LogP contribution in [0.3, 0.4) is 0 Å². The lowest BCUT2D eigenvalue weighted by Gasteiger charge is -2.39. The van der Waals surface area contributed by atoms with Gasteiger partial charge in [0.15, 0.2) is 6.10 Å². The first kappa shape index (κ1) is 20.1. The summed E-state index contributed by atoms with van der Waals surface area (Å²) < 4.78 is 118. The maximum absolute atomic E-state index is 12.7. The van der Waals surface area contributed by atoms with E-state index in [4.69, 9.17) is 5.11 Å². The number of hydrogen-bond acceptors (Lipinski definition) is 2. The van der Waals surface area contributed by atoms with Crippen LogP contribution in [0.1, 0.15) is 11.7 Å². The fourth-order valence-electron chi connectivity index (χ4n) is 1.75. The smallest absolute Gasteiger partial charge is 0.435 e. The number of hydrogen-bond donors (Lipinski definition) is 1. The summed E-state index contributed by atoms with van der Waals surface area (Å²) in [6.45, 7) is 0. The zero-order valence-electron chi connectivity index (χ0n) is 11.1. The molecule has 0 saturated carbocycles. The molecule has 0 aliphatic rings. The summed E-state index contributed by atoms with van der Waals surface area (Å²) in [5, 5.41) is 8.76. The standard InChI is InChI=1S/C12H7F9O3/c13-10(14,15)9(11(16,17)18,12(19,20)21)24-7(8(22)23)6-4-2-1-3-5-6/h1-5,7H,(H,22,23)/t7-/m1/s1. The van der Waals surface area contributed by atoms with Crippen LogP contribution in [0.15, 0.2) is 30.3 Å². The number of benzene rings is 1. The molecule has 0 saturated heterocycles. The Kier molecular flexibility index (Phi) is 5.14. The van der Waals surface area contributed by atoms with Crippen molar-refractivity contribution in [3.05, 3.63) is 35.9 Å². The van der Waals surface area contributed by atoms with Gasteiger partial charge in [-0.05, 0) is 5.56 Å². The van der Waals surface area contributed by atoms with E-state index in [1.165, 1.54) is 6.07 Å². The molecule has 0 bridgehead atoms. The highest BCUT2D eigenvalue weighted by Gasteiger charge is 2.86. The summed E-state index contributed by atoms with van der Waals surface area (Å²) in [4.78, 5) is 10.9. The van der Waals surface area contributed by atoms with E-state index >= 15 is 0 Å². The molecular formula is C12H7F9O3. The summed E-state index contributed by atoms with van der Waals surface area (Å²) in [7, 11) is 0. The number of carboxylic acids is 1. The van der Waals surface area contributed by atoms with E-state index < -0.39 is 41.8 Å². The predicted molar refractivity (Wildman–Crippen MR) is 58.8 cm³/mol. The molecule has 136 valence electrons. The van der Waals surface area contributed by atoms with E-state index in [0.717, 1.165) is 12.1 Å². The summed E-state index contributed by atoms with van der Waals surface area (Å²) in [6, 6.07) is 4.66. The number of alkyl halides is 9. The van der Waals surface area contributed by atoms with Gasteiger partial charge in [-0.2, -0.15) is 39.5 Å². The van der Waals surface area contributed by atoms with Crippen LogP contribution in [0, 0.1) is 0 Å². The molecule has 1 atom stereocenters. The third-order valence-electron chi connectivity index (χ3n) is 2.82.